The van der Waals surface area contributed by atoms with Gasteiger partial charge in [-0.15, -0.1) is 0 Å². The van der Waals surface area contributed by atoms with Gasteiger partial charge in [0.2, 0.25) is 11.6 Å². The lowest BCUT2D eigenvalue weighted by molar-refractivity contribution is -0.323. The number of aliphatic hydroxyl groups is 1. The molecule has 0 aromatic heterocycles. The van der Waals surface area contributed by atoms with Crippen molar-refractivity contribution in [3.05, 3.63) is 11.3 Å². The molecule has 6 heterocycles. The van der Waals surface area contributed by atoms with Crippen LogP contribution in [0.4, 0.5) is 0 Å². The maximum Gasteiger partial charge on any atom is 0.311 e. The van der Waals surface area contributed by atoms with Gasteiger partial charge in [-0.1, -0.05) is 20.8 Å². The van der Waals surface area contributed by atoms with E-state index in [1.165, 1.54) is 6.92 Å². The molecule has 6 aliphatic heterocycles. The quantitative estimate of drug-likeness (QED) is 0.376. The van der Waals surface area contributed by atoms with Gasteiger partial charge in [-0.25, -0.2) is 0 Å². The van der Waals surface area contributed by atoms with Gasteiger partial charge < -0.3 is 28.8 Å². The van der Waals surface area contributed by atoms with Crippen LogP contribution < -0.4 is 0 Å². The number of fused-ring (bicyclic) bond motifs is 1. The molecule has 4 spiro atoms. The fourth-order valence-corrected chi connectivity index (χ4v) is 10.9. The molecule has 0 aromatic carbocycles. The number of esters is 3. The largest absolute Gasteiger partial charge is 0.456 e. The number of rotatable bonds is 2. The molecule has 1 N–H and O–H groups in total. The number of Topliss-reactive ketones (excluding diaryl/α,β-unsaturated/α-hetero) is 1. The molecule has 2 bridgehead atoms. The Bertz CT molecular complexity index is 1390. The Morgan fingerprint density at radius 3 is 2.52 bits per heavy atom. The third kappa shape index (κ3) is 2.88. The van der Waals surface area contributed by atoms with E-state index in [2.05, 4.69) is 0 Å². The molecule has 11 nitrogen and oxygen atoms in total. The minimum absolute atomic E-state index is 0.0540. The van der Waals surface area contributed by atoms with E-state index in [4.69, 9.17) is 28.4 Å². The number of ether oxygens (including phenoxy) is 6. The first-order chi connectivity index (χ1) is 19.7. The first-order valence-corrected chi connectivity index (χ1v) is 15.3. The van der Waals surface area contributed by atoms with Crippen LogP contribution >= 0.6 is 0 Å². The molecule has 8 aliphatic rings. The normalized spacial score (nSPS) is 55.1. The first kappa shape index (κ1) is 27.2. The maximum absolute atomic E-state index is 14.2. The van der Waals surface area contributed by atoms with Crippen molar-refractivity contribution in [2.24, 2.45) is 35.0 Å². The third-order valence-corrected chi connectivity index (χ3v) is 12.3. The summed E-state index contributed by atoms with van der Waals surface area (Å²) in [5, 5.41) is 10.4. The SMILES string of the molecule is CC(=O)OC1=C2CC[C@H]3[C@]4(C[C@]25CC[C@@]2(C)C(=O)[C@H](C)[C@@H]6[C@H]2[C@]1(O5)O[C@]61C[C@@H](C)C(=O)O1)OC(=O)C[C@@H]4O[C@]3(C)CO. The van der Waals surface area contributed by atoms with Gasteiger partial charge >= 0.3 is 17.9 Å². The van der Waals surface area contributed by atoms with Gasteiger partial charge in [-0.3, -0.25) is 23.9 Å². The molecule has 2 saturated carbocycles. The van der Waals surface area contributed by atoms with Crippen molar-refractivity contribution < 1.29 is 52.7 Å². The molecule has 7 fully saturated rings. The highest BCUT2D eigenvalue weighted by Gasteiger charge is 2.84. The molecule has 42 heavy (non-hydrogen) atoms. The van der Waals surface area contributed by atoms with Gasteiger partial charge in [-0.05, 0) is 32.6 Å². The zero-order chi connectivity index (χ0) is 29.8. The number of carbonyl (C=O) groups is 4. The Kier molecular flexibility index (Phi) is 5.08. The van der Waals surface area contributed by atoms with Crippen LogP contribution in [-0.4, -0.2) is 69.9 Å². The van der Waals surface area contributed by atoms with Crippen molar-refractivity contribution in [1.82, 2.24) is 0 Å². The van der Waals surface area contributed by atoms with E-state index < -0.39 is 75.5 Å². The monoisotopic (exact) mass is 586 g/mol. The lowest BCUT2D eigenvalue weighted by atomic mass is 9.65. The summed E-state index contributed by atoms with van der Waals surface area (Å²) in [5.74, 6) is -6.39. The molecule has 0 radical (unpaired) electrons. The number of hydrogen-bond acceptors (Lipinski definition) is 11. The van der Waals surface area contributed by atoms with Crippen LogP contribution in [0.3, 0.4) is 0 Å². The van der Waals surface area contributed by atoms with Crippen LogP contribution in [0.2, 0.25) is 0 Å². The van der Waals surface area contributed by atoms with E-state index in [9.17, 15) is 24.3 Å². The maximum atomic E-state index is 14.2. The van der Waals surface area contributed by atoms with E-state index >= 15 is 0 Å². The van der Waals surface area contributed by atoms with E-state index in [0.29, 0.717) is 25.7 Å². The predicted molar refractivity (Wildman–Crippen MR) is 139 cm³/mol. The highest BCUT2D eigenvalue weighted by Crippen LogP contribution is 2.75. The van der Waals surface area contributed by atoms with Gasteiger partial charge in [0.05, 0.1) is 24.5 Å². The van der Waals surface area contributed by atoms with E-state index in [-0.39, 0.29) is 49.3 Å². The molecule has 0 amide bonds. The topological polar surface area (TPSA) is 144 Å². The molecular weight excluding hydrogens is 548 g/mol. The van der Waals surface area contributed by atoms with Crippen LogP contribution in [-0.2, 0) is 47.6 Å². The summed E-state index contributed by atoms with van der Waals surface area (Å²) in [6.07, 6.45) is 1.74. The van der Waals surface area contributed by atoms with E-state index in [1.807, 2.05) is 20.8 Å². The average molecular weight is 587 g/mol. The van der Waals surface area contributed by atoms with E-state index in [1.54, 1.807) is 6.92 Å². The van der Waals surface area contributed by atoms with E-state index in [0.717, 1.165) is 5.57 Å². The van der Waals surface area contributed by atoms with Crippen molar-refractivity contribution in [3.63, 3.8) is 0 Å². The van der Waals surface area contributed by atoms with Crippen molar-refractivity contribution in [2.75, 3.05) is 6.61 Å². The van der Waals surface area contributed by atoms with Gasteiger partial charge in [0.1, 0.15) is 23.1 Å². The van der Waals surface area contributed by atoms with Gasteiger partial charge in [-0.2, -0.15) is 0 Å². The minimum atomic E-state index is -1.65. The van der Waals surface area contributed by atoms with Gasteiger partial charge in [0.25, 0.3) is 0 Å². The second-order valence-corrected chi connectivity index (χ2v) is 14.7. The molecule has 0 unspecified atom stereocenters. The third-order valence-electron chi connectivity index (χ3n) is 12.3. The standard InChI is InChI=1S/C31H38O11/c1-14-11-30(40-25(14)36)21-15(2)23(35)26(4)8-9-28-12-29-18(27(5,13-32)38-19(29)10-20(34)39-29)7-6-17(28)24(37-16(3)33)31(41-28,42-30)22(21)26/h14-15,18-19,21-22,32H,6-13H2,1-5H3/t14-,15-,18-,19+,21-,22-,26-,27-,28-,29+,30-,31+/m1/s1. The molecule has 228 valence electrons. The number of ketones is 1. The summed E-state index contributed by atoms with van der Waals surface area (Å²) in [7, 11) is 0. The van der Waals surface area contributed by atoms with Crippen LogP contribution in [0.15, 0.2) is 11.3 Å². The van der Waals surface area contributed by atoms with Crippen LogP contribution in [0.5, 0.6) is 0 Å². The molecule has 5 saturated heterocycles. The lowest BCUT2D eigenvalue weighted by Crippen LogP contribution is -2.52. The Balaban J connectivity index is 1.35. The lowest BCUT2D eigenvalue weighted by Gasteiger charge is -2.41. The molecule has 11 heteroatoms. The zero-order valence-corrected chi connectivity index (χ0v) is 24.7. The summed E-state index contributed by atoms with van der Waals surface area (Å²) in [6.45, 7) is 8.51. The Morgan fingerprint density at radius 1 is 1.10 bits per heavy atom. The van der Waals surface area contributed by atoms with Crippen molar-refractivity contribution in [1.29, 1.82) is 0 Å². The van der Waals surface area contributed by atoms with Crippen LogP contribution in [0, 0.1) is 35.0 Å². The fourth-order valence-electron chi connectivity index (χ4n) is 10.9. The number of hydrogen-bond donors (Lipinski definition) is 1. The second kappa shape index (κ2) is 7.83. The first-order valence-electron chi connectivity index (χ1n) is 15.3. The second-order valence-electron chi connectivity index (χ2n) is 14.7. The minimum Gasteiger partial charge on any atom is -0.456 e. The predicted octanol–water partition coefficient (Wildman–Crippen LogP) is 2.47. The summed E-state index contributed by atoms with van der Waals surface area (Å²) in [4.78, 5) is 52.6. The highest BCUT2D eigenvalue weighted by atomic mass is 16.8. The Labute approximate surface area is 243 Å². The van der Waals surface area contributed by atoms with Gasteiger partial charge in [0, 0.05) is 54.4 Å². The molecule has 8 rings (SSSR count). The average Bonchev–Trinajstić information content (AvgIpc) is 3.59. The van der Waals surface area contributed by atoms with Crippen LogP contribution in [0.1, 0.15) is 79.6 Å². The smallest absolute Gasteiger partial charge is 0.311 e. The van der Waals surface area contributed by atoms with Crippen molar-refractivity contribution in [3.8, 4) is 0 Å². The fraction of sp³-hybridized carbons (Fsp3) is 0.806. The van der Waals surface area contributed by atoms with Crippen molar-refractivity contribution >= 4 is 23.7 Å². The highest BCUT2D eigenvalue weighted by molar-refractivity contribution is 5.91. The van der Waals surface area contributed by atoms with Gasteiger partial charge in [0.15, 0.2) is 5.76 Å². The zero-order valence-electron chi connectivity index (χ0n) is 24.7. The molecule has 12 atom stereocenters. The summed E-state index contributed by atoms with van der Waals surface area (Å²) in [5.41, 5.74) is -3.27. The number of carbonyl (C=O) groups excluding carboxylic acids is 4. The summed E-state index contributed by atoms with van der Waals surface area (Å²) < 4.78 is 38.9. The molecular formula is C31H38O11. The van der Waals surface area contributed by atoms with Crippen molar-refractivity contribution in [2.45, 2.75) is 114 Å². The Morgan fingerprint density at radius 2 is 1.86 bits per heavy atom. The Hall–Kier alpha value is -2.34. The number of aliphatic hydroxyl groups excluding tert-OH is 1. The van der Waals surface area contributed by atoms with Crippen LogP contribution in [0.25, 0.3) is 0 Å². The molecule has 2 aliphatic carbocycles. The summed E-state index contributed by atoms with van der Waals surface area (Å²) >= 11 is 0. The summed E-state index contributed by atoms with van der Waals surface area (Å²) in [6, 6.07) is 0. The molecule has 0 aromatic rings.